The molecule has 0 aliphatic carbocycles. The number of nitrogens with zero attached hydrogens (tertiary/aromatic N) is 1. The maximum Gasteiger partial charge on any atom is 0.283 e. The van der Waals surface area contributed by atoms with Crippen molar-refractivity contribution in [2.45, 2.75) is 0 Å². The third-order valence-electron chi connectivity index (χ3n) is 2.73. The summed E-state index contributed by atoms with van der Waals surface area (Å²) in [5.74, 6) is -0.306. The minimum Gasteiger partial charge on any atom is -0.360 e. The number of hydrogen-bond acceptors (Lipinski definition) is 3. The van der Waals surface area contributed by atoms with Crippen molar-refractivity contribution in [3.63, 3.8) is 0 Å². The van der Waals surface area contributed by atoms with Crippen LogP contribution in [0.3, 0.4) is 0 Å². The molecule has 3 aromatic rings. The number of hydrogen-bond donors (Lipinski definition) is 2. The van der Waals surface area contributed by atoms with Crippen LogP contribution in [0.2, 0.25) is 5.02 Å². The van der Waals surface area contributed by atoms with Gasteiger partial charge in [0.2, 0.25) is 0 Å². The molecule has 0 atom stereocenters. The van der Waals surface area contributed by atoms with Crippen LogP contribution in [0.25, 0.3) is 10.1 Å². The van der Waals surface area contributed by atoms with Gasteiger partial charge < -0.3 is 4.98 Å². The number of rotatable bonds is 3. The lowest BCUT2D eigenvalue weighted by Crippen LogP contribution is -2.16. The Balaban J connectivity index is 1.80. The van der Waals surface area contributed by atoms with E-state index < -0.39 is 0 Å². The predicted molar refractivity (Wildman–Crippen MR) is 82.7 cm³/mol. The zero-order valence-electron chi connectivity index (χ0n) is 10.3. The largest absolute Gasteiger partial charge is 0.360 e. The van der Waals surface area contributed by atoms with Gasteiger partial charge in [0, 0.05) is 16.3 Å². The van der Waals surface area contributed by atoms with Crippen molar-refractivity contribution in [2.24, 2.45) is 5.10 Å². The second kappa shape index (κ2) is 5.48. The van der Waals surface area contributed by atoms with E-state index in [9.17, 15) is 4.79 Å². The van der Waals surface area contributed by atoms with Gasteiger partial charge in [-0.1, -0.05) is 29.8 Å². The Kier molecular flexibility index (Phi) is 3.54. The van der Waals surface area contributed by atoms with Crippen molar-refractivity contribution in [1.82, 2.24) is 10.4 Å². The molecule has 20 heavy (non-hydrogen) atoms. The molecule has 0 aliphatic heterocycles. The first kappa shape index (κ1) is 12.9. The Morgan fingerprint density at radius 1 is 1.30 bits per heavy atom. The zero-order chi connectivity index (χ0) is 13.9. The van der Waals surface area contributed by atoms with Gasteiger partial charge in [-0.05, 0) is 18.2 Å². The minimum atomic E-state index is -0.306. The van der Waals surface area contributed by atoms with E-state index in [1.165, 1.54) is 11.3 Å². The molecule has 0 unspecified atom stereocenters. The lowest BCUT2D eigenvalue weighted by atomic mass is 10.2. The van der Waals surface area contributed by atoms with E-state index in [-0.39, 0.29) is 5.91 Å². The van der Waals surface area contributed by atoms with Crippen LogP contribution in [0, 0.1) is 0 Å². The Bertz CT molecular complexity index is 777. The molecule has 2 heterocycles. The highest BCUT2D eigenvalue weighted by atomic mass is 35.5. The molecule has 1 amide bonds. The monoisotopic (exact) mass is 303 g/mol. The second-order valence-corrected chi connectivity index (χ2v) is 5.50. The Morgan fingerprint density at radius 2 is 2.15 bits per heavy atom. The molecule has 0 saturated heterocycles. The zero-order valence-corrected chi connectivity index (χ0v) is 11.8. The molecule has 0 radical (unpaired) electrons. The van der Waals surface area contributed by atoms with E-state index in [0.29, 0.717) is 9.90 Å². The molecule has 0 spiro atoms. The first-order chi connectivity index (χ1) is 9.75. The molecule has 0 aliphatic rings. The van der Waals surface area contributed by atoms with Crippen LogP contribution in [0.15, 0.2) is 47.7 Å². The topological polar surface area (TPSA) is 57.2 Å². The second-order valence-electron chi connectivity index (χ2n) is 4.07. The van der Waals surface area contributed by atoms with E-state index in [0.717, 1.165) is 15.8 Å². The van der Waals surface area contributed by atoms with Crippen molar-refractivity contribution >= 4 is 45.1 Å². The Morgan fingerprint density at radius 3 is 2.90 bits per heavy atom. The Hall–Kier alpha value is -2.11. The molecule has 0 fully saturated rings. The van der Waals surface area contributed by atoms with Crippen molar-refractivity contribution < 1.29 is 4.79 Å². The van der Waals surface area contributed by atoms with Gasteiger partial charge in [0.1, 0.15) is 4.88 Å². The summed E-state index contributed by atoms with van der Waals surface area (Å²) in [6.07, 6.45) is 3.32. The average molecular weight is 304 g/mol. The molecular weight excluding hydrogens is 294 g/mol. The van der Waals surface area contributed by atoms with Gasteiger partial charge in [0.15, 0.2) is 0 Å². The maximum atomic E-state index is 12.1. The standard InChI is InChI=1S/C14H10ClN3OS/c15-12-10-5-1-2-6-11(10)20-13(12)14(19)18-17-8-9-4-3-7-16-9/h1-8,16H,(H,18,19)/b17-8-. The number of carbonyl (C=O) groups excluding carboxylic acids is 1. The van der Waals surface area contributed by atoms with E-state index in [2.05, 4.69) is 15.5 Å². The lowest BCUT2D eigenvalue weighted by Gasteiger charge is -1.96. The highest BCUT2D eigenvalue weighted by molar-refractivity contribution is 7.21. The quantitative estimate of drug-likeness (QED) is 0.563. The summed E-state index contributed by atoms with van der Waals surface area (Å²) >= 11 is 7.58. The van der Waals surface area contributed by atoms with E-state index in [1.807, 2.05) is 36.4 Å². The fourth-order valence-corrected chi connectivity index (χ4v) is 3.20. The van der Waals surface area contributed by atoms with E-state index in [4.69, 9.17) is 11.6 Å². The van der Waals surface area contributed by atoms with Crippen molar-refractivity contribution in [3.8, 4) is 0 Å². The van der Waals surface area contributed by atoms with Crippen LogP contribution in [-0.2, 0) is 0 Å². The summed E-state index contributed by atoms with van der Waals surface area (Å²) in [5.41, 5.74) is 3.29. The molecule has 6 heteroatoms. The molecule has 100 valence electrons. The van der Waals surface area contributed by atoms with Crippen LogP contribution in [-0.4, -0.2) is 17.1 Å². The SMILES string of the molecule is O=C(N/N=C\c1ccc[nH]1)c1sc2ccccc2c1Cl. The number of hydrazone groups is 1. The minimum absolute atomic E-state index is 0.306. The van der Waals surface area contributed by atoms with Crippen LogP contribution < -0.4 is 5.43 Å². The number of H-pyrrole nitrogens is 1. The molecule has 4 nitrogen and oxygen atoms in total. The molecule has 0 saturated carbocycles. The number of aromatic nitrogens is 1. The fourth-order valence-electron chi connectivity index (χ4n) is 1.80. The smallest absolute Gasteiger partial charge is 0.283 e. The normalized spacial score (nSPS) is 11.2. The highest BCUT2D eigenvalue weighted by Crippen LogP contribution is 2.34. The molecular formula is C14H10ClN3OS. The van der Waals surface area contributed by atoms with Gasteiger partial charge in [0.25, 0.3) is 5.91 Å². The number of fused-ring (bicyclic) bond motifs is 1. The van der Waals surface area contributed by atoms with Crippen LogP contribution in [0.4, 0.5) is 0 Å². The fraction of sp³-hybridized carbons (Fsp3) is 0. The number of amides is 1. The van der Waals surface area contributed by atoms with Gasteiger partial charge in [-0.15, -0.1) is 11.3 Å². The summed E-state index contributed by atoms with van der Waals surface area (Å²) in [6, 6.07) is 11.3. The number of benzene rings is 1. The van der Waals surface area contributed by atoms with Gasteiger partial charge in [0.05, 0.1) is 16.9 Å². The third kappa shape index (κ3) is 2.45. The van der Waals surface area contributed by atoms with Gasteiger partial charge in [-0.25, -0.2) is 5.43 Å². The summed E-state index contributed by atoms with van der Waals surface area (Å²) < 4.78 is 0.982. The van der Waals surface area contributed by atoms with Gasteiger partial charge >= 0.3 is 0 Å². The van der Waals surface area contributed by atoms with Gasteiger partial charge in [-0.2, -0.15) is 5.10 Å². The molecule has 2 aromatic heterocycles. The number of nitrogens with one attached hydrogen (secondary N) is 2. The number of thiophene rings is 1. The van der Waals surface area contributed by atoms with E-state index in [1.54, 1.807) is 12.4 Å². The van der Waals surface area contributed by atoms with Crippen LogP contribution in [0.1, 0.15) is 15.4 Å². The molecule has 1 aromatic carbocycles. The molecule has 3 rings (SSSR count). The number of carbonyl (C=O) groups is 1. The first-order valence-corrected chi connectivity index (χ1v) is 7.09. The van der Waals surface area contributed by atoms with Crippen molar-refractivity contribution in [3.05, 3.63) is 58.2 Å². The average Bonchev–Trinajstić information content (AvgIpc) is 3.08. The van der Waals surface area contributed by atoms with Crippen LogP contribution >= 0.6 is 22.9 Å². The van der Waals surface area contributed by atoms with Crippen LogP contribution in [0.5, 0.6) is 0 Å². The lowest BCUT2D eigenvalue weighted by molar-refractivity contribution is 0.0959. The van der Waals surface area contributed by atoms with Crippen molar-refractivity contribution in [1.29, 1.82) is 0 Å². The van der Waals surface area contributed by atoms with E-state index >= 15 is 0 Å². The summed E-state index contributed by atoms with van der Waals surface area (Å²) in [6.45, 7) is 0. The summed E-state index contributed by atoms with van der Waals surface area (Å²) in [4.78, 5) is 15.5. The third-order valence-corrected chi connectivity index (χ3v) is 4.41. The number of halogens is 1. The van der Waals surface area contributed by atoms with Gasteiger partial charge in [-0.3, -0.25) is 4.79 Å². The Labute approximate surface area is 124 Å². The highest BCUT2D eigenvalue weighted by Gasteiger charge is 2.16. The summed E-state index contributed by atoms with van der Waals surface area (Å²) in [5, 5.41) is 5.25. The van der Waals surface area contributed by atoms with Crippen molar-refractivity contribution in [2.75, 3.05) is 0 Å². The first-order valence-electron chi connectivity index (χ1n) is 5.89. The molecule has 0 bridgehead atoms. The molecule has 2 N–H and O–H groups in total. The maximum absolute atomic E-state index is 12.1. The number of aromatic amines is 1. The summed E-state index contributed by atoms with van der Waals surface area (Å²) in [7, 11) is 0. The predicted octanol–water partition coefficient (Wildman–Crippen LogP) is 3.65.